The Bertz CT molecular complexity index is 858. The lowest BCUT2D eigenvalue weighted by Crippen LogP contribution is -2.38. The van der Waals surface area contributed by atoms with Gasteiger partial charge in [0.2, 0.25) is 0 Å². The van der Waals surface area contributed by atoms with Crippen molar-refractivity contribution >= 4 is 29.0 Å². The molecule has 1 aromatic heterocycles. The van der Waals surface area contributed by atoms with E-state index in [4.69, 9.17) is 17.0 Å². The van der Waals surface area contributed by atoms with Crippen LogP contribution in [0.3, 0.4) is 0 Å². The van der Waals surface area contributed by atoms with Crippen LogP contribution in [0.15, 0.2) is 42.5 Å². The van der Waals surface area contributed by atoms with Crippen LogP contribution in [-0.2, 0) is 11.3 Å². The van der Waals surface area contributed by atoms with E-state index in [2.05, 4.69) is 32.2 Å². The number of carbonyl (C=O) groups excluding carboxylic acids is 1. The Kier molecular flexibility index (Phi) is 7.55. The Labute approximate surface area is 177 Å². The Morgan fingerprint density at radius 3 is 2.76 bits per heavy atom. The molecule has 1 aliphatic heterocycles. The number of hydrogen-bond acceptors (Lipinski definition) is 5. The molecule has 7 heteroatoms. The zero-order valence-electron chi connectivity index (χ0n) is 17.1. The van der Waals surface area contributed by atoms with Gasteiger partial charge in [0.25, 0.3) is 0 Å². The molecular weight excluding hydrogens is 384 g/mol. The summed E-state index contributed by atoms with van der Waals surface area (Å²) < 4.78 is 5.15. The molecule has 1 aromatic carbocycles. The highest BCUT2D eigenvalue weighted by molar-refractivity contribution is 7.80. The van der Waals surface area contributed by atoms with Crippen LogP contribution in [0.2, 0.25) is 0 Å². The molecule has 1 saturated heterocycles. The van der Waals surface area contributed by atoms with E-state index in [9.17, 15) is 4.79 Å². The number of aryl methyl sites for hydroxylation is 1. The van der Waals surface area contributed by atoms with Crippen LogP contribution in [0.1, 0.15) is 35.1 Å². The van der Waals surface area contributed by atoms with Gasteiger partial charge in [0.15, 0.2) is 5.11 Å². The number of carbonyl (C=O) groups is 1. The van der Waals surface area contributed by atoms with Crippen molar-refractivity contribution in [1.29, 1.82) is 0 Å². The van der Waals surface area contributed by atoms with E-state index in [-0.39, 0.29) is 5.97 Å². The Hall–Kier alpha value is -2.51. The first kappa shape index (κ1) is 21.2. The minimum atomic E-state index is -0.342. The molecule has 0 spiro atoms. The van der Waals surface area contributed by atoms with E-state index in [1.165, 1.54) is 0 Å². The minimum absolute atomic E-state index is 0.342. The SMILES string of the molecule is CCOC(=O)c1ccccc1NC(=S)N1CCCN(Cc2cccc(C)n2)CC1. The number of rotatable bonds is 5. The average Bonchev–Trinajstić information content (AvgIpc) is 2.94. The van der Waals surface area contributed by atoms with E-state index in [0.717, 1.165) is 50.5 Å². The molecule has 154 valence electrons. The monoisotopic (exact) mass is 412 g/mol. The summed E-state index contributed by atoms with van der Waals surface area (Å²) in [5, 5.41) is 3.88. The van der Waals surface area contributed by atoms with Crippen LogP contribution in [0.4, 0.5) is 5.69 Å². The first-order valence-electron chi connectivity index (χ1n) is 10.0. The second-order valence-corrected chi connectivity index (χ2v) is 7.47. The Balaban J connectivity index is 1.59. The summed E-state index contributed by atoms with van der Waals surface area (Å²) in [6.45, 7) is 8.64. The quantitative estimate of drug-likeness (QED) is 0.596. The summed E-state index contributed by atoms with van der Waals surface area (Å²) in [6, 6.07) is 13.5. The van der Waals surface area contributed by atoms with Crippen molar-refractivity contribution < 1.29 is 9.53 Å². The maximum Gasteiger partial charge on any atom is 0.340 e. The predicted octanol–water partition coefficient (Wildman–Crippen LogP) is 3.47. The van der Waals surface area contributed by atoms with Gasteiger partial charge in [-0.3, -0.25) is 9.88 Å². The van der Waals surface area contributed by atoms with Crippen LogP contribution >= 0.6 is 12.2 Å². The number of aromatic nitrogens is 1. The molecule has 0 bridgehead atoms. The Morgan fingerprint density at radius 2 is 1.97 bits per heavy atom. The van der Waals surface area contributed by atoms with Crippen molar-refractivity contribution in [1.82, 2.24) is 14.8 Å². The molecule has 0 unspecified atom stereocenters. The molecular formula is C22H28N4O2S. The third kappa shape index (κ3) is 5.98. The molecule has 0 atom stereocenters. The van der Waals surface area contributed by atoms with Gasteiger partial charge in [-0.15, -0.1) is 0 Å². The average molecular weight is 413 g/mol. The number of ether oxygens (including phenoxy) is 1. The summed E-state index contributed by atoms with van der Waals surface area (Å²) >= 11 is 5.64. The fourth-order valence-corrected chi connectivity index (χ4v) is 3.71. The van der Waals surface area contributed by atoms with Crippen LogP contribution in [-0.4, -0.2) is 58.7 Å². The summed E-state index contributed by atoms with van der Waals surface area (Å²) in [6.07, 6.45) is 1.02. The number of hydrogen-bond donors (Lipinski definition) is 1. The van der Waals surface area contributed by atoms with Gasteiger partial charge in [-0.2, -0.15) is 0 Å². The molecule has 0 amide bonds. The van der Waals surface area contributed by atoms with Crippen LogP contribution in [0.5, 0.6) is 0 Å². The van der Waals surface area contributed by atoms with E-state index >= 15 is 0 Å². The summed E-state index contributed by atoms with van der Waals surface area (Å²) in [5.41, 5.74) is 3.33. The molecule has 2 aromatic rings. The normalized spacial score (nSPS) is 14.9. The smallest absolute Gasteiger partial charge is 0.340 e. The number of anilines is 1. The second-order valence-electron chi connectivity index (χ2n) is 7.08. The van der Waals surface area contributed by atoms with Crippen molar-refractivity contribution in [3.8, 4) is 0 Å². The fourth-order valence-electron chi connectivity index (χ4n) is 3.42. The molecule has 0 aliphatic carbocycles. The van der Waals surface area contributed by atoms with Crippen molar-refractivity contribution in [2.75, 3.05) is 38.1 Å². The highest BCUT2D eigenvalue weighted by Crippen LogP contribution is 2.18. The lowest BCUT2D eigenvalue weighted by Gasteiger charge is -2.25. The Morgan fingerprint density at radius 1 is 1.14 bits per heavy atom. The number of esters is 1. The van der Waals surface area contributed by atoms with Crippen molar-refractivity contribution in [2.24, 2.45) is 0 Å². The van der Waals surface area contributed by atoms with E-state index < -0.39 is 0 Å². The largest absolute Gasteiger partial charge is 0.462 e. The number of nitrogens with zero attached hydrogens (tertiary/aromatic N) is 3. The molecule has 29 heavy (non-hydrogen) atoms. The van der Waals surface area contributed by atoms with E-state index in [1.54, 1.807) is 13.0 Å². The number of pyridine rings is 1. The number of para-hydroxylation sites is 1. The number of benzene rings is 1. The van der Waals surface area contributed by atoms with Crippen molar-refractivity contribution in [3.63, 3.8) is 0 Å². The number of nitrogens with one attached hydrogen (secondary N) is 1. The van der Waals surface area contributed by atoms with Gasteiger partial charge in [0.1, 0.15) is 0 Å². The highest BCUT2D eigenvalue weighted by Gasteiger charge is 2.19. The van der Waals surface area contributed by atoms with Gasteiger partial charge in [-0.05, 0) is 56.8 Å². The standard InChI is InChI=1S/C22H28N4O2S/c1-3-28-21(27)19-10-4-5-11-20(19)24-22(29)26-13-7-12-25(14-15-26)16-18-9-6-8-17(2)23-18/h4-6,8-11H,3,7,12-16H2,1-2H3,(H,24,29). The number of thiocarbonyl (C=S) groups is 1. The first-order valence-corrected chi connectivity index (χ1v) is 10.4. The van der Waals surface area contributed by atoms with Gasteiger partial charge in [0, 0.05) is 38.4 Å². The van der Waals surface area contributed by atoms with Gasteiger partial charge >= 0.3 is 5.97 Å². The molecule has 2 heterocycles. The molecule has 1 N–H and O–H groups in total. The maximum absolute atomic E-state index is 12.2. The van der Waals surface area contributed by atoms with E-state index in [0.29, 0.717) is 23.0 Å². The van der Waals surface area contributed by atoms with Gasteiger partial charge in [-0.1, -0.05) is 18.2 Å². The summed E-state index contributed by atoms with van der Waals surface area (Å²) in [7, 11) is 0. The van der Waals surface area contributed by atoms with Crippen LogP contribution in [0.25, 0.3) is 0 Å². The zero-order valence-corrected chi connectivity index (χ0v) is 17.9. The topological polar surface area (TPSA) is 57.7 Å². The summed E-state index contributed by atoms with van der Waals surface area (Å²) in [5.74, 6) is -0.342. The van der Waals surface area contributed by atoms with Gasteiger partial charge in [-0.25, -0.2) is 4.79 Å². The van der Waals surface area contributed by atoms with E-state index in [1.807, 2.05) is 31.2 Å². The van der Waals surface area contributed by atoms with Crippen LogP contribution in [0, 0.1) is 6.92 Å². The molecule has 0 saturated carbocycles. The third-order valence-corrected chi connectivity index (χ3v) is 5.23. The summed E-state index contributed by atoms with van der Waals surface area (Å²) in [4.78, 5) is 21.4. The fraction of sp³-hybridized carbons (Fsp3) is 0.409. The van der Waals surface area contributed by atoms with Gasteiger partial charge in [0.05, 0.1) is 23.6 Å². The molecule has 6 nitrogen and oxygen atoms in total. The predicted molar refractivity (Wildman–Crippen MR) is 119 cm³/mol. The lowest BCUT2D eigenvalue weighted by atomic mass is 10.2. The van der Waals surface area contributed by atoms with Crippen molar-refractivity contribution in [3.05, 3.63) is 59.4 Å². The molecule has 1 aliphatic rings. The maximum atomic E-state index is 12.2. The van der Waals surface area contributed by atoms with Crippen molar-refractivity contribution in [2.45, 2.75) is 26.8 Å². The molecule has 1 fully saturated rings. The van der Waals surface area contributed by atoms with Crippen LogP contribution < -0.4 is 5.32 Å². The first-order chi connectivity index (χ1) is 14.1. The zero-order chi connectivity index (χ0) is 20.6. The second kappa shape index (κ2) is 10.3. The molecule has 0 radical (unpaired) electrons. The molecule has 3 rings (SSSR count). The third-order valence-electron chi connectivity index (χ3n) is 4.87. The lowest BCUT2D eigenvalue weighted by molar-refractivity contribution is 0.0527. The minimum Gasteiger partial charge on any atom is -0.462 e. The highest BCUT2D eigenvalue weighted by atomic mass is 32.1. The van der Waals surface area contributed by atoms with Gasteiger partial charge < -0.3 is 15.0 Å².